The molecule has 0 aromatic heterocycles. The molecule has 0 atom stereocenters. The zero-order valence-electron chi connectivity index (χ0n) is 10.8. The minimum absolute atomic E-state index is 0.114. The molecular formula is C14H13FN2O3. The van der Waals surface area contributed by atoms with E-state index in [2.05, 4.69) is 5.32 Å². The van der Waals surface area contributed by atoms with E-state index in [1.165, 1.54) is 25.3 Å². The van der Waals surface area contributed by atoms with Gasteiger partial charge in [0.25, 0.3) is 0 Å². The third kappa shape index (κ3) is 3.03. The van der Waals surface area contributed by atoms with Crippen molar-refractivity contribution in [2.45, 2.75) is 6.54 Å². The van der Waals surface area contributed by atoms with Gasteiger partial charge in [-0.2, -0.15) is 0 Å². The van der Waals surface area contributed by atoms with Gasteiger partial charge in [0.2, 0.25) is 0 Å². The maximum atomic E-state index is 12.8. The monoisotopic (exact) mass is 276 g/mol. The number of anilines is 1. The Morgan fingerprint density at radius 3 is 2.55 bits per heavy atom. The molecule has 0 heterocycles. The van der Waals surface area contributed by atoms with Crippen molar-refractivity contribution in [3.63, 3.8) is 0 Å². The van der Waals surface area contributed by atoms with E-state index < -0.39 is 4.92 Å². The van der Waals surface area contributed by atoms with Gasteiger partial charge in [-0.3, -0.25) is 10.1 Å². The molecule has 0 spiro atoms. The molecule has 1 N–H and O–H groups in total. The molecule has 0 bridgehead atoms. The predicted molar refractivity (Wildman–Crippen MR) is 73.4 cm³/mol. The van der Waals surface area contributed by atoms with Crippen LogP contribution in [0, 0.1) is 15.9 Å². The third-order valence-electron chi connectivity index (χ3n) is 2.80. The molecule has 0 amide bonds. The number of nitro benzene ring substituents is 1. The van der Waals surface area contributed by atoms with E-state index in [-0.39, 0.29) is 17.3 Å². The molecule has 0 aliphatic carbocycles. The van der Waals surface area contributed by atoms with Gasteiger partial charge in [-0.15, -0.1) is 0 Å². The zero-order valence-corrected chi connectivity index (χ0v) is 10.8. The van der Waals surface area contributed by atoms with Crippen LogP contribution in [0.5, 0.6) is 5.75 Å². The molecule has 0 aliphatic rings. The Balaban J connectivity index is 2.21. The number of ether oxygens (including phenoxy) is 1. The van der Waals surface area contributed by atoms with Crippen LogP contribution in [-0.2, 0) is 6.54 Å². The maximum absolute atomic E-state index is 12.8. The molecule has 2 aromatic carbocycles. The first-order valence-corrected chi connectivity index (χ1v) is 5.91. The van der Waals surface area contributed by atoms with Crippen LogP contribution in [0.2, 0.25) is 0 Å². The van der Waals surface area contributed by atoms with Crippen LogP contribution < -0.4 is 10.1 Å². The number of nitrogens with zero attached hydrogens (tertiary/aromatic N) is 1. The van der Waals surface area contributed by atoms with Gasteiger partial charge in [0.05, 0.1) is 12.0 Å². The first kappa shape index (κ1) is 13.8. The summed E-state index contributed by atoms with van der Waals surface area (Å²) in [6.07, 6.45) is 0. The number of halogens is 1. The normalized spacial score (nSPS) is 10.1. The lowest BCUT2D eigenvalue weighted by Gasteiger charge is -2.09. The topological polar surface area (TPSA) is 64.4 Å². The fraction of sp³-hybridized carbons (Fsp3) is 0.143. The molecule has 0 saturated carbocycles. The molecule has 0 fully saturated rings. The minimum Gasteiger partial charge on any atom is -0.490 e. The smallest absolute Gasteiger partial charge is 0.333 e. The van der Waals surface area contributed by atoms with Crippen LogP contribution in [0.4, 0.5) is 15.8 Å². The highest BCUT2D eigenvalue weighted by molar-refractivity contribution is 5.68. The van der Waals surface area contributed by atoms with Gasteiger partial charge in [0.1, 0.15) is 11.5 Å². The zero-order chi connectivity index (χ0) is 14.5. The molecule has 0 saturated heterocycles. The second-order valence-corrected chi connectivity index (χ2v) is 4.09. The Hall–Kier alpha value is -2.63. The number of para-hydroxylation sites is 1. The number of hydrogen-bond donors (Lipinski definition) is 1. The average molecular weight is 276 g/mol. The molecule has 6 heteroatoms. The average Bonchev–Trinajstić information content (AvgIpc) is 2.46. The Morgan fingerprint density at radius 2 is 1.95 bits per heavy atom. The van der Waals surface area contributed by atoms with Gasteiger partial charge in [0, 0.05) is 6.54 Å². The van der Waals surface area contributed by atoms with Crippen LogP contribution >= 0.6 is 0 Å². The second-order valence-electron chi connectivity index (χ2n) is 4.09. The number of nitro groups is 1. The van der Waals surface area contributed by atoms with E-state index in [1.54, 1.807) is 24.3 Å². The molecule has 20 heavy (non-hydrogen) atoms. The van der Waals surface area contributed by atoms with Gasteiger partial charge < -0.3 is 10.1 Å². The van der Waals surface area contributed by atoms with E-state index in [4.69, 9.17) is 4.74 Å². The van der Waals surface area contributed by atoms with Crippen molar-refractivity contribution in [2.75, 3.05) is 12.4 Å². The summed E-state index contributed by atoms with van der Waals surface area (Å²) in [7, 11) is 1.38. The summed E-state index contributed by atoms with van der Waals surface area (Å²) in [6, 6.07) is 10.7. The van der Waals surface area contributed by atoms with Crippen molar-refractivity contribution >= 4 is 11.4 Å². The molecule has 2 rings (SSSR count). The lowest BCUT2D eigenvalue weighted by molar-refractivity contribution is -0.384. The summed E-state index contributed by atoms with van der Waals surface area (Å²) in [5, 5.41) is 14.1. The molecule has 0 aliphatic heterocycles. The summed E-state index contributed by atoms with van der Waals surface area (Å²) in [5.41, 5.74) is 1.07. The second kappa shape index (κ2) is 6.01. The number of hydrogen-bond acceptors (Lipinski definition) is 4. The Morgan fingerprint density at radius 1 is 1.25 bits per heavy atom. The quantitative estimate of drug-likeness (QED) is 0.671. The Labute approximate surface area is 115 Å². The van der Waals surface area contributed by atoms with E-state index in [0.29, 0.717) is 12.2 Å². The standard InChI is InChI=1S/C14H13FN2O3/c1-20-13-4-2-3-12(14(13)17(18)19)16-9-10-5-7-11(15)8-6-10/h2-8,16H,9H2,1H3. The summed E-state index contributed by atoms with van der Waals surface area (Å²) in [5.74, 6) is -0.125. The first-order valence-electron chi connectivity index (χ1n) is 5.91. The molecule has 2 aromatic rings. The van der Waals surface area contributed by atoms with Crippen molar-refractivity contribution < 1.29 is 14.1 Å². The van der Waals surface area contributed by atoms with Crippen molar-refractivity contribution in [2.24, 2.45) is 0 Å². The molecular weight excluding hydrogens is 263 g/mol. The Kier molecular flexibility index (Phi) is 4.14. The van der Waals surface area contributed by atoms with Crippen LogP contribution in [0.3, 0.4) is 0 Å². The predicted octanol–water partition coefficient (Wildman–Crippen LogP) is 3.35. The fourth-order valence-electron chi connectivity index (χ4n) is 1.82. The molecule has 0 unspecified atom stereocenters. The summed E-state index contributed by atoms with van der Waals surface area (Å²) >= 11 is 0. The SMILES string of the molecule is COc1cccc(NCc2ccc(F)cc2)c1[N+](=O)[O-]. The van der Waals surface area contributed by atoms with Crippen molar-refractivity contribution in [3.8, 4) is 5.75 Å². The summed E-state index contributed by atoms with van der Waals surface area (Å²) < 4.78 is 17.8. The van der Waals surface area contributed by atoms with Gasteiger partial charge in [-0.05, 0) is 29.8 Å². The van der Waals surface area contributed by atoms with Crippen molar-refractivity contribution in [1.29, 1.82) is 0 Å². The van der Waals surface area contributed by atoms with Crippen molar-refractivity contribution in [1.82, 2.24) is 0 Å². The number of rotatable bonds is 5. The van der Waals surface area contributed by atoms with Crippen molar-refractivity contribution in [3.05, 3.63) is 64.0 Å². The van der Waals surface area contributed by atoms with E-state index in [9.17, 15) is 14.5 Å². The molecule has 104 valence electrons. The van der Waals surface area contributed by atoms with Gasteiger partial charge in [-0.25, -0.2) is 4.39 Å². The van der Waals surface area contributed by atoms with Gasteiger partial charge in [-0.1, -0.05) is 18.2 Å². The van der Waals surface area contributed by atoms with Gasteiger partial charge >= 0.3 is 5.69 Å². The fourth-order valence-corrected chi connectivity index (χ4v) is 1.82. The summed E-state index contributed by atoms with van der Waals surface area (Å²) in [6.45, 7) is 0.355. The van der Waals surface area contributed by atoms with Crippen LogP contribution in [0.15, 0.2) is 42.5 Å². The minimum atomic E-state index is -0.494. The Bertz CT molecular complexity index is 614. The van der Waals surface area contributed by atoms with Crippen LogP contribution in [-0.4, -0.2) is 12.0 Å². The number of nitrogens with one attached hydrogen (secondary N) is 1. The first-order chi connectivity index (χ1) is 9.61. The number of benzene rings is 2. The lowest BCUT2D eigenvalue weighted by Crippen LogP contribution is -2.04. The molecule has 0 radical (unpaired) electrons. The summed E-state index contributed by atoms with van der Waals surface area (Å²) in [4.78, 5) is 10.6. The maximum Gasteiger partial charge on any atom is 0.333 e. The van der Waals surface area contributed by atoms with Crippen LogP contribution in [0.25, 0.3) is 0 Å². The van der Waals surface area contributed by atoms with Gasteiger partial charge in [0.15, 0.2) is 5.75 Å². The van der Waals surface area contributed by atoms with Crippen LogP contribution in [0.1, 0.15) is 5.56 Å². The highest BCUT2D eigenvalue weighted by Crippen LogP contribution is 2.34. The van der Waals surface area contributed by atoms with E-state index in [0.717, 1.165) is 5.56 Å². The van der Waals surface area contributed by atoms with E-state index in [1.807, 2.05) is 0 Å². The third-order valence-corrected chi connectivity index (χ3v) is 2.80. The highest BCUT2D eigenvalue weighted by Gasteiger charge is 2.19. The lowest BCUT2D eigenvalue weighted by atomic mass is 10.2. The molecule has 5 nitrogen and oxygen atoms in total. The largest absolute Gasteiger partial charge is 0.490 e. The highest BCUT2D eigenvalue weighted by atomic mass is 19.1. The van der Waals surface area contributed by atoms with E-state index >= 15 is 0 Å². The number of methoxy groups -OCH3 is 1.